The average Bonchev–Trinajstić information content (AvgIpc) is 2.77. The van der Waals surface area contributed by atoms with Gasteiger partial charge in [-0.1, -0.05) is 35.3 Å². The van der Waals surface area contributed by atoms with Crippen LogP contribution in [0.4, 0.5) is 0 Å². The topological polar surface area (TPSA) is 24.9 Å². The number of hydrogen-bond donors (Lipinski definition) is 1. The molecule has 5 heteroatoms. The maximum absolute atomic E-state index is 6.14. The van der Waals surface area contributed by atoms with Gasteiger partial charge in [-0.3, -0.25) is 0 Å². The van der Waals surface area contributed by atoms with E-state index in [0.717, 1.165) is 10.6 Å². The van der Waals surface area contributed by atoms with Crippen molar-refractivity contribution in [2.75, 3.05) is 0 Å². The Hall–Kier alpha value is -0.610. The Morgan fingerprint density at radius 2 is 2.17 bits per heavy atom. The van der Waals surface area contributed by atoms with Crippen molar-refractivity contribution < 1.29 is 0 Å². The van der Waals surface area contributed by atoms with Gasteiger partial charge in [0.05, 0.1) is 16.1 Å². The van der Waals surface area contributed by atoms with E-state index in [0.29, 0.717) is 16.6 Å². The molecule has 0 amide bonds. The second kappa shape index (κ2) is 6.02. The van der Waals surface area contributed by atoms with Crippen LogP contribution in [0.25, 0.3) is 0 Å². The predicted octanol–water partition coefficient (Wildman–Crippen LogP) is 4.61. The quantitative estimate of drug-likeness (QED) is 0.892. The molecule has 0 fully saturated rings. The Labute approximate surface area is 121 Å². The fraction of sp³-hybridized carbons (Fsp3) is 0.308. The second-order valence-corrected chi connectivity index (χ2v) is 6.18. The molecule has 1 unspecified atom stereocenters. The molecule has 1 aromatic heterocycles. The Balaban J connectivity index is 2.01. The van der Waals surface area contributed by atoms with Gasteiger partial charge >= 0.3 is 0 Å². The van der Waals surface area contributed by atoms with Crippen molar-refractivity contribution in [3.63, 3.8) is 0 Å². The summed E-state index contributed by atoms with van der Waals surface area (Å²) >= 11 is 13.8. The first-order valence-corrected chi connectivity index (χ1v) is 7.23. The van der Waals surface area contributed by atoms with Gasteiger partial charge < -0.3 is 5.32 Å². The zero-order chi connectivity index (χ0) is 13.1. The number of hydrogen-bond acceptors (Lipinski definition) is 3. The summed E-state index contributed by atoms with van der Waals surface area (Å²) in [7, 11) is 0. The summed E-state index contributed by atoms with van der Waals surface area (Å²) in [6, 6.07) is 5.88. The van der Waals surface area contributed by atoms with Crippen LogP contribution in [0, 0.1) is 6.92 Å². The third kappa shape index (κ3) is 3.23. The summed E-state index contributed by atoms with van der Waals surface area (Å²) in [4.78, 5) is 5.59. The third-order valence-electron chi connectivity index (χ3n) is 2.64. The molecule has 1 aromatic carbocycles. The number of benzene rings is 1. The van der Waals surface area contributed by atoms with Crippen molar-refractivity contribution in [1.82, 2.24) is 10.3 Å². The number of halogens is 2. The normalized spacial score (nSPS) is 12.7. The summed E-state index contributed by atoms with van der Waals surface area (Å²) in [5.41, 5.74) is 1.00. The minimum atomic E-state index is 0.207. The summed E-state index contributed by atoms with van der Waals surface area (Å²) in [6.07, 6.45) is 1.89. The van der Waals surface area contributed by atoms with Gasteiger partial charge in [-0.05, 0) is 25.5 Å². The largest absolute Gasteiger partial charge is 0.304 e. The highest BCUT2D eigenvalue weighted by Gasteiger charge is 2.10. The van der Waals surface area contributed by atoms with Crippen molar-refractivity contribution >= 4 is 34.5 Å². The van der Waals surface area contributed by atoms with Gasteiger partial charge in [0, 0.05) is 17.6 Å². The van der Waals surface area contributed by atoms with E-state index in [2.05, 4.69) is 24.1 Å². The maximum Gasteiger partial charge on any atom is 0.109 e. The van der Waals surface area contributed by atoms with Gasteiger partial charge in [-0.2, -0.15) is 0 Å². The third-order valence-corrected chi connectivity index (χ3v) is 4.59. The van der Waals surface area contributed by atoms with Crippen LogP contribution in [-0.2, 0) is 6.54 Å². The zero-order valence-corrected chi connectivity index (χ0v) is 12.5. The number of thiazole rings is 1. The smallest absolute Gasteiger partial charge is 0.109 e. The Morgan fingerprint density at radius 3 is 2.83 bits per heavy atom. The van der Waals surface area contributed by atoms with E-state index < -0.39 is 0 Å². The highest BCUT2D eigenvalue weighted by Crippen LogP contribution is 2.26. The van der Waals surface area contributed by atoms with Crippen LogP contribution in [0.5, 0.6) is 0 Å². The van der Waals surface area contributed by atoms with Gasteiger partial charge in [0.25, 0.3) is 0 Å². The number of rotatable bonds is 4. The molecule has 96 valence electrons. The predicted molar refractivity (Wildman–Crippen MR) is 78.6 cm³/mol. The van der Waals surface area contributed by atoms with Gasteiger partial charge in [-0.15, -0.1) is 11.3 Å². The van der Waals surface area contributed by atoms with Crippen LogP contribution in [0.2, 0.25) is 10.0 Å². The summed E-state index contributed by atoms with van der Waals surface area (Å²) in [5.74, 6) is 0. The SMILES string of the molecule is Cc1cnc(C(C)NCc2cccc(Cl)c2Cl)s1. The second-order valence-electron chi connectivity index (χ2n) is 4.12. The maximum atomic E-state index is 6.14. The minimum Gasteiger partial charge on any atom is -0.304 e. The lowest BCUT2D eigenvalue weighted by atomic mass is 10.2. The molecule has 1 N–H and O–H groups in total. The first kappa shape index (κ1) is 13.8. The van der Waals surface area contributed by atoms with Crippen molar-refractivity contribution in [3.8, 4) is 0 Å². The average molecular weight is 301 g/mol. The lowest BCUT2D eigenvalue weighted by molar-refractivity contribution is 0.572. The minimum absolute atomic E-state index is 0.207. The molecule has 0 aliphatic rings. The van der Waals surface area contributed by atoms with Crippen LogP contribution >= 0.6 is 34.5 Å². The van der Waals surface area contributed by atoms with Crippen LogP contribution in [0.1, 0.15) is 28.4 Å². The van der Waals surface area contributed by atoms with E-state index in [-0.39, 0.29) is 6.04 Å². The Kier molecular flexibility index (Phi) is 4.62. The van der Waals surface area contributed by atoms with Crippen molar-refractivity contribution in [3.05, 3.63) is 49.9 Å². The van der Waals surface area contributed by atoms with E-state index in [4.69, 9.17) is 23.2 Å². The van der Waals surface area contributed by atoms with E-state index in [1.807, 2.05) is 18.3 Å². The summed E-state index contributed by atoms with van der Waals surface area (Å²) < 4.78 is 0. The Morgan fingerprint density at radius 1 is 1.39 bits per heavy atom. The Bertz CT molecular complexity index is 540. The van der Waals surface area contributed by atoms with Crippen molar-refractivity contribution in [1.29, 1.82) is 0 Å². The van der Waals surface area contributed by atoms with Crippen LogP contribution in [0.15, 0.2) is 24.4 Å². The van der Waals surface area contributed by atoms with Gasteiger partial charge in [-0.25, -0.2) is 4.98 Å². The molecule has 2 aromatic rings. The van der Waals surface area contributed by atoms with Gasteiger partial charge in [0.2, 0.25) is 0 Å². The lowest BCUT2D eigenvalue weighted by Crippen LogP contribution is -2.18. The molecule has 0 saturated carbocycles. The number of nitrogens with one attached hydrogen (secondary N) is 1. The van der Waals surface area contributed by atoms with Gasteiger partial charge in [0.15, 0.2) is 0 Å². The first-order chi connectivity index (χ1) is 8.58. The molecular formula is C13H14Cl2N2S. The van der Waals surface area contributed by atoms with Crippen molar-refractivity contribution in [2.45, 2.75) is 26.4 Å². The van der Waals surface area contributed by atoms with Crippen LogP contribution < -0.4 is 5.32 Å². The molecule has 2 nitrogen and oxygen atoms in total. The molecule has 0 bridgehead atoms. The van der Waals surface area contributed by atoms with Crippen LogP contribution in [-0.4, -0.2) is 4.98 Å². The highest BCUT2D eigenvalue weighted by molar-refractivity contribution is 7.11. The van der Waals surface area contributed by atoms with Gasteiger partial charge in [0.1, 0.15) is 5.01 Å². The first-order valence-electron chi connectivity index (χ1n) is 5.66. The van der Waals surface area contributed by atoms with E-state index >= 15 is 0 Å². The summed E-state index contributed by atoms with van der Waals surface area (Å²) in [6.45, 7) is 4.83. The molecule has 0 radical (unpaired) electrons. The molecule has 0 aliphatic carbocycles. The molecule has 0 aliphatic heterocycles. The molecule has 2 rings (SSSR count). The number of aryl methyl sites for hydroxylation is 1. The molecule has 1 atom stereocenters. The standard InChI is InChI=1S/C13H14Cl2N2S/c1-8-6-17-13(18-8)9(2)16-7-10-4-3-5-11(14)12(10)15/h3-6,9,16H,7H2,1-2H3. The van der Waals surface area contributed by atoms with Crippen LogP contribution in [0.3, 0.4) is 0 Å². The monoisotopic (exact) mass is 300 g/mol. The molecule has 18 heavy (non-hydrogen) atoms. The fourth-order valence-electron chi connectivity index (χ4n) is 1.61. The molecule has 1 heterocycles. The molecule has 0 spiro atoms. The zero-order valence-electron chi connectivity index (χ0n) is 10.2. The van der Waals surface area contributed by atoms with E-state index in [1.54, 1.807) is 17.4 Å². The fourth-order valence-corrected chi connectivity index (χ4v) is 2.80. The lowest BCUT2D eigenvalue weighted by Gasteiger charge is -2.12. The molecule has 0 saturated heterocycles. The number of aromatic nitrogens is 1. The highest BCUT2D eigenvalue weighted by atomic mass is 35.5. The molecular weight excluding hydrogens is 287 g/mol. The number of nitrogens with zero attached hydrogens (tertiary/aromatic N) is 1. The van der Waals surface area contributed by atoms with Crippen molar-refractivity contribution in [2.24, 2.45) is 0 Å². The van der Waals surface area contributed by atoms with E-state index in [1.165, 1.54) is 4.88 Å². The summed E-state index contributed by atoms with van der Waals surface area (Å²) in [5, 5.41) is 5.70. The van der Waals surface area contributed by atoms with E-state index in [9.17, 15) is 0 Å².